The maximum absolute atomic E-state index is 12.0. The Morgan fingerprint density at radius 1 is 1.08 bits per heavy atom. The normalized spacial score (nSPS) is 10.5. The second-order valence-electron chi connectivity index (χ2n) is 5.67. The summed E-state index contributed by atoms with van der Waals surface area (Å²) in [6, 6.07) is 14.5. The van der Waals surface area contributed by atoms with Crippen LogP contribution >= 0.6 is 11.8 Å². The van der Waals surface area contributed by atoms with Gasteiger partial charge in [0, 0.05) is 5.56 Å². The van der Waals surface area contributed by atoms with Crippen molar-refractivity contribution in [2.24, 2.45) is 0 Å². The Hall–Kier alpha value is -3.00. The van der Waals surface area contributed by atoms with E-state index in [2.05, 4.69) is 20.8 Å². The Kier molecular flexibility index (Phi) is 5.43. The third-order valence-electron chi connectivity index (χ3n) is 3.80. The number of hydrogen-bond donors (Lipinski definition) is 1. The van der Waals surface area contributed by atoms with Crippen LogP contribution in [-0.2, 0) is 4.79 Å². The van der Waals surface area contributed by atoms with Crippen LogP contribution in [0.5, 0.6) is 0 Å². The number of carbonyl (C=O) groups excluding carboxylic acids is 2. The maximum Gasteiger partial charge on any atom is 0.257 e. The van der Waals surface area contributed by atoms with Gasteiger partial charge >= 0.3 is 0 Å². The fourth-order valence-corrected chi connectivity index (χ4v) is 2.93. The SMILES string of the molecule is Cc1ccc(-n2nnnc2SCC(=O)NC(=O)c2ccccc2)cc1C. The van der Waals surface area contributed by atoms with Crippen molar-refractivity contribution in [2.75, 3.05) is 5.75 Å². The van der Waals surface area contributed by atoms with Crippen molar-refractivity contribution >= 4 is 23.6 Å². The molecule has 132 valence electrons. The molecule has 0 aliphatic carbocycles. The number of aryl methyl sites for hydroxylation is 2. The van der Waals surface area contributed by atoms with Crippen LogP contribution in [0.4, 0.5) is 0 Å². The molecule has 0 atom stereocenters. The lowest BCUT2D eigenvalue weighted by molar-refractivity contribution is -0.117. The summed E-state index contributed by atoms with van der Waals surface area (Å²) >= 11 is 1.17. The molecule has 0 aliphatic rings. The van der Waals surface area contributed by atoms with Crippen LogP contribution in [0.25, 0.3) is 5.69 Å². The van der Waals surface area contributed by atoms with E-state index in [-0.39, 0.29) is 5.75 Å². The van der Waals surface area contributed by atoms with E-state index in [1.807, 2.05) is 32.0 Å². The van der Waals surface area contributed by atoms with E-state index >= 15 is 0 Å². The van der Waals surface area contributed by atoms with E-state index < -0.39 is 11.8 Å². The predicted octanol–water partition coefficient (Wildman–Crippen LogP) is 2.33. The summed E-state index contributed by atoms with van der Waals surface area (Å²) in [7, 11) is 0. The first-order chi connectivity index (χ1) is 12.5. The monoisotopic (exact) mass is 367 g/mol. The average molecular weight is 367 g/mol. The van der Waals surface area contributed by atoms with Crippen molar-refractivity contribution in [3.05, 3.63) is 65.2 Å². The number of nitrogens with zero attached hydrogens (tertiary/aromatic N) is 4. The van der Waals surface area contributed by atoms with Gasteiger partial charge < -0.3 is 0 Å². The average Bonchev–Trinajstić information content (AvgIpc) is 3.11. The Balaban J connectivity index is 1.64. The number of rotatable bonds is 5. The lowest BCUT2D eigenvalue weighted by Crippen LogP contribution is -2.31. The van der Waals surface area contributed by atoms with Gasteiger partial charge in [0.25, 0.3) is 5.91 Å². The molecule has 0 spiro atoms. The highest BCUT2D eigenvalue weighted by Crippen LogP contribution is 2.20. The van der Waals surface area contributed by atoms with Crippen LogP contribution < -0.4 is 5.32 Å². The third-order valence-corrected chi connectivity index (χ3v) is 4.72. The van der Waals surface area contributed by atoms with Crippen molar-refractivity contribution in [2.45, 2.75) is 19.0 Å². The van der Waals surface area contributed by atoms with Gasteiger partial charge in [0.15, 0.2) is 0 Å². The zero-order valence-electron chi connectivity index (χ0n) is 14.3. The molecule has 0 unspecified atom stereocenters. The van der Waals surface area contributed by atoms with Crippen LogP contribution in [0.3, 0.4) is 0 Å². The van der Waals surface area contributed by atoms with E-state index in [1.54, 1.807) is 35.0 Å². The van der Waals surface area contributed by atoms with Gasteiger partial charge in [0.2, 0.25) is 11.1 Å². The minimum atomic E-state index is -0.426. The van der Waals surface area contributed by atoms with E-state index in [1.165, 1.54) is 17.3 Å². The van der Waals surface area contributed by atoms with E-state index in [0.29, 0.717) is 10.7 Å². The summed E-state index contributed by atoms with van der Waals surface area (Å²) in [4.78, 5) is 24.0. The maximum atomic E-state index is 12.0. The Morgan fingerprint density at radius 2 is 1.85 bits per heavy atom. The molecular formula is C18H17N5O2S. The molecule has 8 heteroatoms. The van der Waals surface area contributed by atoms with Crippen molar-refractivity contribution in [1.82, 2.24) is 25.5 Å². The van der Waals surface area contributed by atoms with Crippen LogP contribution in [0, 0.1) is 13.8 Å². The van der Waals surface area contributed by atoms with Gasteiger partial charge in [-0.15, -0.1) is 5.10 Å². The molecule has 3 aromatic rings. The Morgan fingerprint density at radius 3 is 2.58 bits per heavy atom. The molecule has 0 saturated carbocycles. The number of amides is 2. The summed E-state index contributed by atoms with van der Waals surface area (Å²) in [5, 5.41) is 14.5. The molecule has 0 aliphatic heterocycles. The lowest BCUT2D eigenvalue weighted by atomic mass is 10.1. The summed E-state index contributed by atoms with van der Waals surface area (Å²) < 4.78 is 1.57. The topological polar surface area (TPSA) is 89.8 Å². The first kappa shape index (κ1) is 17.8. The fraction of sp³-hybridized carbons (Fsp3) is 0.167. The number of benzene rings is 2. The smallest absolute Gasteiger partial charge is 0.257 e. The third kappa shape index (κ3) is 4.15. The van der Waals surface area contributed by atoms with E-state index in [9.17, 15) is 9.59 Å². The van der Waals surface area contributed by atoms with Crippen LogP contribution in [0.2, 0.25) is 0 Å². The zero-order chi connectivity index (χ0) is 18.5. The number of hydrogen-bond acceptors (Lipinski definition) is 6. The minimum absolute atomic E-state index is 0.0315. The summed E-state index contributed by atoms with van der Waals surface area (Å²) in [5.41, 5.74) is 3.56. The second-order valence-corrected chi connectivity index (χ2v) is 6.62. The fourth-order valence-electron chi connectivity index (χ4n) is 2.24. The van der Waals surface area contributed by atoms with Gasteiger partial charge in [-0.2, -0.15) is 4.68 Å². The lowest BCUT2D eigenvalue weighted by Gasteiger charge is -2.07. The molecule has 7 nitrogen and oxygen atoms in total. The highest BCUT2D eigenvalue weighted by atomic mass is 32.2. The van der Waals surface area contributed by atoms with Gasteiger partial charge in [0.1, 0.15) is 0 Å². The molecule has 2 amide bonds. The van der Waals surface area contributed by atoms with Gasteiger partial charge in [0.05, 0.1) is 11.4 Å². The number of imide groups is 1. The molecule has 0 bridgehead atoms. The second kappa shape index (κ2) is 7.92. The highest BCUT2D eigenvalue weighted by Gasteiger charge is 2.14. The van der Waals surface area contributed by atoms with Gasteiger partial charge in [-0.1, -0.05) is 36.0 Å². The molecule has 1 heterocycles. The molecule has 3 rings (SSSR count). The summed E-state index contributed by atoms with van der Waals surface area (Å²) in [6.07, 6.45) is 0. The van der Waals surface area contributed by atoms with Crippen LogP contribution in [-0.4, -0.2) is 37.8 Å². The number of thioether (sulfide) groups is 1. The standard InChI is InChI=1S/C18H17N5O2S/c1-12-8-9-15(10-13(12)2)23-18(20-21-22-23)26-11-16(24)19-17(25)14-6-4-3-5-7-14/h3-10H,11H2,1-2H3,(H,19,24,25). The van der Waals surface area contributed by atoms with Crippen molar-refractivity contribution in [3.63, 3.8) is 0 Å². The molecule has 1 N–H and O–H groups in total. The first-order valence-corrected chi connectivity index (χ1v) is 8.91. The van der Waals surface area contributed by atoms with Crippen molar-refractivity contribution in [3.8, 4) is 5.69 Å². The zero-order valence-corrected chi connectivity index (χ0v) is 15.2. The van der Waals surface area contributed by atoms with Gasteiger partial charge in [-0.25, -0.2) is 0 Å². The summed E-state index contributed by atoms with van der Waals surface area (Å²) in [6.45, 7) is 4.04. The predicted molar refractivity (Wildman–Crippen MR) is 98.3 cm³/mol. The number of aromatic nitrogens is 4. The largest absolute Gasteiger partial charge is 0.292 e. The Labute approximate surface area is 154 Å². The number of carbonyl (C=O) groups is 2. The first-order valence-electron chi connectivity index (χ1n) is 7.92. The number of tetrazole rings is 1. The van der Waals surface area contributed by atoms with E-state index in [4.69, 9.17) is 0 Å². The Bertz CT molecular complexity index is 940. The molecule has 2 aromatic carbocycles. The molecule has 1 aromatic heterocycles. The van der Waals surface area contributed by atoms with Gasteiger partial charge in [-0.3, -0.25) is 14.9 Å². The molecule has 0 radical (unpaired) electrons. The molecule has 0 saturated heterocycles. The number of nitrogens with one attached hydrogen (secondary N) is 1. The molecule has 0 fully saturated rings. The molecule has 26 heavy (non-hydrogen) atoms. The van der Waals surface area contributed by atoms with E-state index in [0.717, 1.165) is 11.3 Å². The van der Waals surface area contributed by atoms with Crippen LogP contribution in [0.15, 0.2) is 53.7 Å². The molecular weight excluding hydrogens is 350 g/mol. The van der Waals surface area contributed by atoms with Crippen LogP contribution in [0.1, 0.15) is 21.5 Å². The van der Waals surface area contributed by atoms with Gasteiger partial charge in [-0.05, 0) is 59.7 Å². The highest BCUT2D eigenvalue weighted by molar-refractivity contribution is 7.99. The quantitative estimate of drug-likeness (QED) is 0.696. The van der Waals surface area contributed by atoms with Crippen molar-refractivity contribution < 1.29 is 9.59 Å². The summed E-state index contributed by atoms with van der Waals surface area (Å²) in [5.74, 6) is -0.799. The van der Waals surface area contributed by atoms with Crippen molar-refractivity contribution in [1.29, 1.82) is 0 Å². The minimum Gasteiger partial charge on any atom is -0.292 e.